The molecule has 3 heteroatoms. The molecule has 1 saturated heterocycles. The fourth-order valence-corrected chi connectivity index (χ4v) is 0.543. The molecule has 1 fully saturated rings. The molecule has 0 radical (unpaired) electrons. The third-order valence-electron chi connectivity index (χ3n) is 0.953. The van der Waals surface area contributed by atoms with Crippen LogP contribution in [0.3, 0.4) is 0 Å². The maximum absolute atomic E-state index is 10.3. The number of cyclic esters (lactones) is 1. The Morgan fingerprint density at radius 1 is 1.88 bits per heavy atom. The van der Waals surface area contributed by atoms with Crippen LogP contribution in [0.5, 0.6) is 0 Å². The van der Waals surface area contributed by atoms with Crippen molar-refractivity contribution in [1.82, 2.24) is 0 Å². The molecule has 0 bridgehead atoms. The molecule has 8 heavy (non-hydrogen) atoms. The van der Waals surface area contributed by atoms with E-state index in [4.69, 9.17) is 5.11 Å². The molecule has 1 heterocycles. The molecule has 0 aromatic carbocycles. The second-order valence-electron chi connectivity index (χ2n) is 1.67. The van der Waals surface area contributed by atoms with Crippen LogP contribution in [0, 0.1) is 0 Å². The van der Waals surface area contributed by atoms with Crippen LogP contribution in [0.4, 0.5) is 0 Å². The van der Waals surface area contributed by atoms with E-state index >= 15 is 0 Å². The van der Waals surface area contributed by atoms with E-state index in [2.05, 4.69) is 11.3 Å². The highest BCUT2D eigenvalue weighted by atomic mass is 16.6. The van der Waals surface area contributed by atoms with Gasteiger partial charge in [0.1, 0.15) is 0 Å². The van der Waals surface area contributed by atoms with Gasteiger partial charge in [-0.2, -0.15) is 0 Å². The van der Waals surface area contributed by atoms with Crippen molar-refractivity contribution >= 4 is 5.97 Å². The Hall–Kier alpha value is -0.830. The average molecular weight is 114 g/mol. The van der Waals surface area contributed by atoms with Gasteiger partial charge in [-0.05, 0) is 0 Å². The summed E-state index contributed by atoms with van der Waals surface area (Å²) in [4.78, 5) is 10.3. The summed E-state index contributed by atoms with van der Waals surface area (Å²) in [5, 5.41) is 8.57. The zero-order chi connectivity index (χ0) is 6.15. The molecule has 1 rings (SSSR count). The maximum Gasteiger partial charge on any atom is 0.335 e. The summed E-state index contributed by atoms with van der Waals surface area (Å²) in [7, 11) is 0. The first-order valence-electron chi connectivity index (χ1n) is 2.27. The lowest BCUT2D eigenvalue weighted by atomic mass is 10.2. The Morgan fingerprint density at radius 3 is 2.62 bits per heavy atom. The van der Waals surface area contributed by atoms with E-state index in [1.54, 1.807) is 0 Å². The molecule has 44 valence electrons. The first-order valence-corrected chi connectivity index (χ1v) is 2.27. The van der Waals surface area contributed by atoms with Crippen molar-refractivity contribution in [1.29, 1.82) is 0 Å². The van der Waals surface area contributed by atoms with Gasteiger partial charge in [0.15, 0.2) is 0 Å². The van der Waals surface area contributed by atoms with Gasteiger partial charge >= 0.3 is 5.97 Å². The van der Waals surface area contributed by atoms with Gasteiger partial charge in [-0.3, -0.25) is 0 Å². The zero-order valence-electron chi connectivity index (χ0n) is 4.26. The van der Waals surface area contributed by atoms with Gasteiger partial charge in [-0.1, -0.05) is 6.58 Å². The lowest BCUT2D eigenvalue weighted by Crippen LogP contribution is -2.03. The SMILES string of the molecule is C=C1CC(O)OC1=O. The van der Waals surface area contributed by atoms with Crippen LogP contribution < -0.4 is 0 Å². The van der Waals surface area contributed by atoms with Gasteiger partial charge in [0.05, 0.1) is 0 Å². The van der Waals surface area contributed by atoms with Gasteiger partial charge in [-0.15, -0.1) is 0 Å². The van der Waals surface area contributed by atoms with Crippen LogP contribution in [0.15, 0.2) is 12.2 Å². The molecule has 1 unspecified atom stereocenters. The summed E-state index contributed by atoms with van der Waals surface area (Å²) in [5.41, 5.74) is 0.345. The van der Waals surface area contributed by atoms with E-state index in [1.807, 2.05) is 0 Å². The van der Waals surface area contributed by atoms with Crippen molar-refractivity contribution in [3.8, 4) is 0 Å². The van der Waals surface area contributed by atoms with Crippen molar-refractivity contribution in [3.63, 3.8) is 0 Å². The van der Waals surface area contributed by atoms with Gasteiger partial charge in [-0.25, -0.2) is 4.79 Å². The minimum absolute atomic E-state index is 0.249. The van der Waals surface area contributed by atoms with Crippen LogP contribution in [0.2, 0.25) is 0 Å². The van der Waals surface area contributed by atoms with Crippen LogP contribution in [0.1, 0.15) is 6.42 Å². The van der Waals surface area contributed by atoms with E-state index in [9.17, 15) is 4.79 Å². The Bertz CT molecular complexity index is 123. The van der Waals surface area contributed by atoms with Crippen LogP contribution in [-0.4, -0.2) is 17.4 Å². The minimum Gasteiger partial charge on any atom is -0.432 e. The molecule has 0 spiro atoms. The molecule has 3 nitrogen and oxygen atoms in total. The standard InChI is InChI=1S/C5H6O3/c1-3-2-4(6)8-5(3)7/h4,6H,1-2H2. The second kappa shape index (κ2) is 1.59. The molecule has 0 aromatic heterocycles. The molecular weight excluding hydrogens is 108 g/mol. The summed E-state index contributed by atoms with van der Waals surface area (Å²) in [6.07, 6.45) is -0.700. The largest absolute Gasteiger partial charge is 0.432 e. The van der Waals surface area contributed by atoms with Crippen LogP contribution in [0.25, 0.3) is 0 Å². The van der Waals surface area contributed by atoms with Gasteiger partial charge in [0.25, 0.3) is 0 Å². The van der Waals surface area contributed by atoms with E-state index in [1.165, 1.54) is 0 Å². The van der Waals surface area contributed by atoms with Crippen molar-refractivity contribution in [2.45, 2.75) is 12.7 Å². The highest BCUT2D eigenvalue weighted by molar-refractivity contribution is 5.89. The first-order chi connectivity index (χ1) is 3.70. The molecule has 0 saturated carbocycles. The molecular formula is C5H6O3. The van der Waals surface area contributed by atoms with Crippen molar-refractivity contribution < 1.29 is 14.6 Å². The normalized spacial score (nSPS) is 28.4. The molecule has 1 N–H and O–H groups in total. The number of carbonyl (C=O) groups excluding carboxylic acids is 1. The van der Waals surface area contributed by atoms with Crippen molar-refractivity contribution in [2.75, 3.05) is 0 Å². The van der Waals surface area contributed by atoms with Gasteiger partial charge < -0.3 is 9.84 Å². The van der Waals surface area contributed by atoms with E-state index < -0.39 is 12.3 Å². The summed E-state index contributed by atoms with van der Waals surface area (Å²) in [5.74, 6) is -0.488. The monoisotopic (exact) mass is 114 g/mol. The Morgan fingerprint density at radius 2 is 2.50 bits per heavy atom. The smallest absolute Gasteiger partial charge is 0.335 e. The molecule has 1 aliphatic heterocycles. The lowest BCUT2D eigenvalue weighted by Gasteiger charge is -1.94. The van der Waals surface area contributed by atoms with Crippen LogP contribution >= 0.6 is 0 Å². The number of aliphatic hydroxyl groups is 1. The summed E-state index contributed by atoms with van der Waals surface area (Å²) >= 11 is 0. The van der Waals surface area contributed by atoms with E-state index in [0.29, 0.717) is 5.57 Å². The number of hydrogen-bond acceptors (Lipinski definition) is 3. The van der Waals surface area contributed by atoms with Gasteiger partial charge in [0, 0.05) is 12.0 Å². The number of ether oxygens (including phenoxy) is 1. The number of aliphatic hydroxyl groups excluding tert-OH is 1. The number of esters is 1. The van der Waals surface area contributed by atoms with E-state index in [0.717, 1.165) is 0 Å². The fraction of sp³-hybridized carbons (Fsp3) is 0.400. The van der Waals surface area contributed by atoms with Gasteiger partial charge in [0.2, 0.25) is 6.29 Å². The van der Waals surface area contributed by atoms with Crippen LogP contribution in [-0.2, 0) is 9.53 Å². The highest BCUT2D eigenvalue weighted by Crippen LogP contribution is 2.15. The maximum atomic E-state index is 10.3. The highest BCUT2D eigenvalue weighted by Gasteiger charge is 2.24. The summed E-state index contributed by atoms with van der Waals surface area (Å²) in [6, 6.07) is 0. The third kappa shape index (κ3) is 0.721. The molecule has 0 aromatic rings. The third-order valence-corrected chi connectivity index (χ3v) is 0.953. The Kier molecular flexibility index (Phi) is 1.06. The molecule has 1 atom stereocenters. The average Bonchev–Trinajstić information content (AvgIpc) is 1.85. The predicted molar refractivity (Wildman–Crippen MR) is 25.9 cm³/mol. The zero-order valence-corrected chi connectivity index (χ0v) is 4.26. The Labute approximate surface area is 46.6 Å². The van der Waals surface area contributed by atoms with E-state index in [-0.39, 0.29) is 6.42 Å². The molecule has 0 amide bonds. The second-order valence-corrected chi connectivity index (χ2v) is 1.67. The minimum atomic E-state index is -0.949. The topological polar surface area (TPSA) is 46.5 Å². The molecule has 0 aliphatic carbocycles. The lowest BCUT2D eigenvalue weighted by molar-refractivity contribution is -0.151. The number of rotatable bonds is 0. The predicted octanol–water partition coefficient (Wildman–Crippen LogP) is -0.192. The summed E-state index contributed by atoms with van der Waals surface area (Å²) < 4.78 is 4.29. The van der Waals surface area contributed by atoms with Crippen molar-refractivity contribution in [2.24, 2.45) is 0 Å². The molecule has 1 aliphatic rings. The number of hydrogen-bond donors (Lipinski definition) is 1. The first kappa shape index (κ1) is 5.31. The quantitative estimate of drug-likeness (QED) is 0.350. The number of carbonyl (C=O) groups is 1. The van der Waals surface area contributed by atoms with Crippen molar-refractivity contribution in [3.05, 3.63) is 12.2 Å². The summed E-state index contributed by atoms with van der Waals surface area (Å²) in [6.45, 7) is 3.35. The Balaban J connectivity index is 2.64. The fourth-order valence-electron chi connectivity index (χ4n) is 0.543.